The van der Waals surface area contributed by atoms with Gasteiger partial charge in [-0.15, -0.1) is 0 Å². The first-order valence-corrected chi connectivity index (χ1v) is 8.02. The molecule has 0 N–H and O–H groups in total. The molecular formula is C12H18BrNO3S. The molecule has 18 heavy (non-hydrogen) atoms. The largest absolute Gasteiger partial charge is 0.382 e. The molecule has 0 radical (unpaired) electrons. The summed E-state index contributed by atoms with van der Waals surface area (Å²) >= 11 is 3.26. The number of hydrogen-bond acceptors (Lipinski definition) is 3. The average Bonchev–Trinajstić information content (AvgIpc) is 2.34. The molecule has 0 unspecified atom stereocenters. The molecule has 0 bridgehead atoms. The van der Waals surface area contributed by atoms with Gasteiger partial charge in [-0.25, -0.2) is 12.7 Å². The zero-order valence-electron chi connectivity index (χ0n) is 10.6. The van der Waals surface area contributed by atoms with Crippen molar-refractivity contribution in [3.8, 4) is 0 Å². The SMILES string of the molecule is CCOCCCN(C)S(=O)(=O)c1ccccc1Br. The Morgan fingerprint density at radius 1 is 1.33 bits per heavy atom. The summed E-state index contributed by atoms with van der Waals surface area (Å²) < 4.78 is 31.7. The summed E-state index contributed by atoms with van der Waals surface area (Å²) in [5.41, 5.74) is 0. The van der Waals surface area contributed by atoms with Gasteiger partial charge in [-0.3, -0.25) is 0 Å². The molecule has 0 saturated heterocycles. The summed E-state index contributed by atoms with van der Waals surface area (Å²) in [6, 6.07) is 6.82. The second kappa shape index (κ2) is 7.23. The Hall–Kier alpha value is -0.430. The van der Waals surface area contributed by atoms with Crippen molar-refractivity contribution in [2.75, 3.05) is 26.8 Å². The van der Waals surface area contributed by atoms with Gasteiger partial charge in [0.2, 0.25) is 10.0 Å². The summed E-state index contributed by atoms with van der Waals surface area (Å²) in [6.45, 7) is 3.60. The molecule has 1 aromatic rings. The fourth-order valence-corrected chi connectivity index (χ4v) is 3.64. The van der Waals surface area contributed by atoms with Crippen LogP contribution in [0.25, 0.3) is 0 Å². The zero-order valence-corrected chi connectivity index (χ0v) is 13.0. The van der Waals surface area contributed by atoms with Crippen LogP contribution in [0.3, 0.4) is 0 Å². The number of rotatable bonds is 7. The minimum absolute atomic E-state index is 0.295. The average molecular weight is 336 g/mol. The second-order valence-electron chi connectivity index (χ2n) is 3.81. The molecule has 6 heteroatoms. The van der Waals surface area contributed by atoms with Crippen LogP contribution in [0, 0.1) is 0 Å². The normalized spacial score (nSPS) is 12.0. The highest BCUT2D eigenvalue weighted by molar-refractivity contribution is 9.10. The molecule has 102 valence electrons. The zero-order chi connectivity index (χ0) is 13.6. The molecule has 0 amide bonds. The van der Waals surface area contributed by atoms with Crippen molar-refractivity contribution in [2.45, 2.75) is 18.2 Å². The maximum Gasteiger partial charge on any atom is 0.243 e. The lowest BCUT2D eigenvalue weighted by Crippen LogP contribution is -2.28. The lowest BCUT2D eigenvalue weighted by Gasteiger charge is -2.17. The van der Waals surface area contributed by atoms with Crippen LogP contribution in [-0.4, -0.2) is 39.5 Å². The first-order valence-electron chi connectivity index (χ1n) is 5.78. The molecule has 0 atom stereocenters. The number of benzene rings is 1. The van der Waals surface area contributed by atoms with Gasteiger partial charge >= 0.3 is 0 Å². The molecule has 0 saturated carbocycles. The molecule has 0 fully saturated rings. The summed E-state index contributed by atoms with van der Waals surface area (Å²) in [5.74, 6) is 0. The predicted octanol–water partition coefficient (Wildman–Crippen LogP) is 2.50. The number of nitrogens with zero attached hydrogens (tertiary/aromatic N) is 1. The van der Waals surface area contributed by atoms with E-state index in [1.807, 2.05) is 6.92 Å². The van der Waals surface area contributed by atoms with Crippen molar-refractivity contribution in [1.29, 1.82) is 0 Å². The molecule has 0 aromatic heterocycles. The Morgan fingerprint density at radius 3 is 2.61 bits per heavy atom. The van der Waals surface area contributed by atoms with Crippen LogP contribution < -0.4 is 0 Å². The van der Waals surface area contributed by atoms with Crippen molar-refractivity contribution >= 4 is 26.0 Å². The van der Waals surface area contributed by atoms with E-state index in [4.69, 9.17) is 4.74 Å². The first-order chi connectivity index (χ1) is 8.50. The first kappa shape index (κ1) is 15.6. The van der Waals surface area contributed by atoms with Crippen LogP contribution in [0.1, 0.15) is 13.3 Å². The Bertz CT molecular complexity index is 476. The monoisotopic (exact) mass is 335 g/mol. The van der Waals surface area contributed by atoms with Crippen LogP contribution in [0.4, 0.5) is 0 Å². The molecule has 1 rings (SSSR count). The molecule has 0 spiro atoms. The number of sulfonamides is 1. The lowest BCUT2D eigenvalue weighted by atomic mass is 10.4. The minimum atomic E-state index is -3.43. The third kappa shape index (κ3) is 4.05. The van der Waals surface area contributed by atoms with Crippen LogP contribution in [0.5, 0.6) is 0 Å². The Balaban J connectivity index is 2.72. The van der Waals surface area contributed by atoms with E-state index >= 15 is 0 Å². The van der Waals surface area contributed by atoms with Gasteiger partial charge in [-0.1, -0.05) is 12.1 Å². The third-order valence-electron chi connectivity index (χ3n) is 2.49. The highest BCUT2D eigenvalue weighted by Crippen LogP contribution is 2.23. The number of ether oxygens (including phenoxy) is 1. The molecule has 1 aromatic carbocycles. The van der Waals surface area contributed by atoms with Crippen molar-refractivity contribution in [3.05, 3.63) is 28.7 Å². The highest BCUT2D eigenvalue weighted by Gasteiger charge is 2.22. The van der Waals surface area contributed by atoms with Gasteiger partial charge in [-0.05, 0) is 41.4 Å². The number of hydrogen-bond donors (Lipinski definition) is 0. The van der Waals surface area contributed by atoms with Crippen LogP contribution in [0.2, 0.25) is 0 Å². The summed E-state index contributed by atoms with van der Waals surface area (Å²) in [6.07, 6.45) is 0.689. The van der Waals surface area contributed by atoms with Crippen molar-refractivity contribution < 1.29 is 13.2 Å². The molecule has 0 aliphatic carbocycles. The van der Waals surface area contributed by atoms with Crippen LogP contribution in [-0.2, 0) is 14.8 Å². The van der Waals surface area contributed by atoms with Crippen molar-refractivity contribution in [2.24, 2.45) is 0 Å². The van der Waals surface area contributed by atoms with E-state index < -0.39 is 10.0 Å². The fourth-order valence-electron chi connectivity index (χ4n) is 1.48. The van der Waals surface area contributed by atoms with E-state index in [2.05, 4.69) is 15.9 Å². The quantitative estimate of drug-likeness (QED) is 0.719. The van der Waals surface area contributed by atoms with Crippen LogP contribution in [0.15, 0.2) is 33.6 Å². The number of halogens is 1. The van der Waals surface area contributed by atoms with Gasteiger partial charge in [0.05, 0.1) is 4.90 Å². The van der Waals surface area contributed by atoms with Gasteiger partial charge in [0, 0.05) is 31.3 Å². The van der Waals surface area contributed by atoms with Gasteiger partial charge in [0.1, 0.15) is 0 Å². The van der Waals surface area contributed by atoms with Gasteiger partial charge < -0.3 is 4.74 Å². The topological polar surface area (TPSA) is 46.6 Å². The fraction of sp³-hybridized carbons (Fsp3) is 0.500. The highest BCUT2D eigenvalue weighted by atomic mass is 79.9. The summed E-state index contributed by atoms with van der Waals surface area (Å²) in [4.78, 5) is 0.295. The smallest absolute Gasteiger partial charge is 0.243 e. The second-order valence-corrected chi connectivity index (χ2v) is 6.68. The van der Waals surface area contributed by atoms with Gasteiger partial charge in [0.25, 0.3) is 0 Å². The predicted molar refractivity (Wildman–Crippen MR) is 75.1 cm³/mol. The maximum atomic E-state index is 12.3. The van der Waals surface area contributed by atoms with Crippen molar-refractivity contribution in [1.82, 2.24) is 4.31 Å². The Morgan fingerprint density at radius 2 is 2.00 bits per heavy atom. The van der Waals surface area contributed by atoms with E-state index in [1.54, 1.807) is 31.3 Å². The van der Waals surface area contributed by atoms with Crippen molar-refractivity contribution in [3.63, 3.8) is 0 Å². The van der Waals surface area contributed by atoms with Gasteiger partial charge in [0.15, 0.2) is 0 Å². The molecular weight excluding hydrogens is 318 g/mol. The Labute approximate surface area is 117 Å². The lowest BCUT2D eigenvalue weighted by molar-refractivity contribution is 0.141. The van der Waals surface area contributed by atoms with E-state index in [1.165, 1.54) is 4.31 Å². The summed E-state index contributed by atoms with van der Waals surface area (Å²) in [7, 11) is -1.84. The van der Waals surface area contributed by atoms with Crippen LogP contribution >= 0.6 is 15.9 Å². The maximum absolute atomic E-state index is 12.3. The van der Waals surface area contributed by atoms with Gasteiger partial charge in [-0.2, -0.15) is 0 Å². The Kier molecular flexibility index (Phi) is 6.28. The van der Waals surface area contributed by atoms with E-state index in [-0.39, 0.29) is 0 Å². The molecule has 0 aliphatic heterocycles. The van der Waals surface area contributed by atoms with E-state index in [0.29, 0.717) is 35.5 Å². The minimum Gasteiger partial charge on any atom is -0.382 e. The molecule has 4 nitrogen and oxygen atoms in total. The molecule has 0 aliphatic rings. The van der Waals surface area contributed by atoms with E-state index in [9.17, 15) is 8.42 Å². The molecule has 0 heterocycles. The van der Waals surface area contributed by atoms with E-state index in [0.717, 1.165) is 0 Å². The third-order valence-corrected chi connectivity index (χ3v) is 5.36. The standard InChI is InChI=1S/C12H18BrNO3S/c1-3-17-10-6-9-14(2)18(15,16)12-8-5-4-7-11(12)13/h4-5,7-8H,3,6,9-10H2,1-2H3. The summed E-state index contributed by atoms with van der Waals surface area (Å²) in [5, 5.41) is 0.